The Morgan fingerprint density at radius 2 is 0.403 bits per heavy atom. The van der Waals surface area contributed by atoms with Gasteiger partial charge in [0.2, 0.25) is 11.8 Å². The molecule has 0 saturated carbocycles. The zero-order valence-corrected chi connectivity index (χ0v) is 81.3. The van der Waals surface area contributed by atoms with Crippen molar-refractivity contribution in [2.24, 2.45) is 0 Å². The van der Waals surface area contributed by atoms with Crippen molar-refractivity contribution in [1.29, 1.82) is 0 Å². The van der Waals surface area contributed by atoms with E-state index >= 15 is 0 Å². The maximum atomic E-state index is 6.53. The van der Waals surface area contributed by atoms with Crippen molar-refractivity contribution in [3.8, 4) is 145 Å². The van der Waals surface area contributed by atoms with E-state index in [0.29, 0.717) is 11.8 Å². The quantitative estimate of drug-likeness (QED) is 0.135. The molecule has 0 spiro atoms. The summed E-state index contributed by atoms with van der Waals surface area (Å²) in [4.78, 5) is 14.8. The molecule has 31 aromatic rings. The average molecular weight is 1910 g/mol. The highest BCUT2D eigenvalue weighted by Gasteiger charge is 2.28. The molecule has 6 heteroatoms. The van der Waals surface area contributed by atoms with Crippen LogP contribution in [0.2, 0.25) is 0 Å². The van der Waals surface area contributed by atoms with Crippen LogP contribution < -0.4 is 0 Å². The fourth-order valence-electron chi connectivity index (χ4n) is 24.7. The van der Waals surface area contributed by atoms with Crippen LogP contribution in [-0.4, -0.2) is 15.0 Å². The molecule has 33 rings (SSSR count). The lowest BCUT2D eigenvalue weighted by atomic mass is 9.89. The molecule has 0 N–H and O–H groups in total. The second-order valence-electron chi connectivity index (χ2n) is 39.5. The summed E-state index contributed by atoms with van der Waals surface area (Å²) < 4.78 is 14.3. The van der Waals surface area contributed by atoms with Crippen LogP contribution >= 0.6 is 11.3 Å². The summed E-state index contributed by atoms with van der Waals surface area (Å²) >= 11 is 1.79. The number of aromatic nitrogens is 3. The predicted octanol–water partition coefficient (Wildman–Crippen LogP) is 40.4. The summed E-state index contributed by atoms with van der Waals surface area (Å²) in [5.41, 5.74) is 32.9. The molecule has 0 saturated heterocycles. The topological polar surface area (TPSA) is 65.0 Å². The van der Waals surface area contributed by atoms with Gasteiger partial charge in [-0.15, -0.1) is 11.3 Å². The number of oxazole rings is 2. The number of hydrogen-bond acceptors (Lipinski definition) is 6. The van der Waals surface area contributed by atoms with Crippen LogP contribution in [0, 0.1) is 0 Å². The summed E-state index contributed by atoms with van der Waals surface area (Å²) in [6.07, 6.45) is 0. The van der Waals surface area contributed by atoms with E-state index in [4.69, 9.17) is 23.8 Å². The average Bonchev–Trinajstić information content (AvgIpc) is 1.64. The second-order valence-corrected chi connectivity index (χ2v) is 40.5. The van der Waals surface area contributed by atoms with Crippen LogP contribution in [0.15, 0.2) is 512 Å². The van der Waals surface area contributed by atoms with E-state index in [1.165, 1.54) is 234 Å². The van der Waals surface area contributed by atoms with Crippen molar-refractivity contribution in [2.45, 2.75) is 0 Å². The van der Waals surface area contributed by atoms with E-state index in [2.05, 4.69) is 443 Å². The van der Waals surface area contributed by atoms with Gasteiger partial charge in [-0.1, -0.05) is 437 Å². The maximum Gasteiger partial charge on any atom is 0.227 e. The third-order valence-corrected chi connectivity index (χ3v) is 32.7. The molecule has 688 valence electrons. The molecule has 0 unspecified atom stereocenters. The first-order valence-electron chi connectivity index (χ1n) is 51.0. The molecule has 0 amide bonds. The van der Waals surface area contributed by atoms with Crippen molar-refractivity contribution in [3.05, 3.63) is 504 Å². The first-order chi connectivity index (χ1) is 73.9. The molecule has 3 heterocycles. The minimum atomic E-state index is 0.641. The highest BCUT2D eigenvalue weighted by atomic mass is 32.1. The van der Waals surface area contributed by atoms with E-state index < -0.39 is 0 Å². The monoisotopic (exact) mass is 1910 g/mol. The van der Waals surface area contributed by atoms with Crippen molar-refractivity contribution in [3.63, 3.8) is 0 Å². The van der Waals surface area contributed by atoms with Crippen molar-refractivity contribution in [2.75, 3.05) is 0 Å². The van der Waals surface area contributed by atoms with Crippen LogP contribution in [0.25, 0.3) is 328 Å². The number of hydrogen-bond donors (Lipinski definition) is 0. The summed E-state index contributed by atoms with van der Waals surface area (Å²) in [5, 5.41) is 35.8. The van der Waals surface area contributed by atoms with Crippen LogP contribution in [0.3, 0.4) is 0 Å². The van der Waals surface area contributed by atoms with Gasteiger partial charge in [0.05, 0.1) is 10.2 Å². The number of nitrogens with zero attached hydrogens (tertiary/aromatic N) is 3. The first kappa shape index (κ1) is 84.2. The number of benzene rings is 28. The lowest BCUT2D eigenvalue weighted by Gasteiger charge is -2.15. The number of thiazole rings is 1. The molecular formula is C143H83N3O2S. The van der Waals surface area contributed by atoms with E-state index in [1.54, 1.807) is 11.3 Å². The van der Waals surface area contributed by atoms with Crippen molar-refractivity contribution >= 4 is 195 Å². The molecule has 0 fully saturated rings. The minimum Gasteiger partial charge on any atom is -0.435 e. The summed E-state index contributed by atoms with van der Waals surface area (Å²) in [6, 6.07) is 183. The van der Waals surface area contributed by atoms with E-state index in [0.717, 1.165) is 81.7 Å². The Hall–Kier alpha value is -19.4. The normalized spacial score (nSPS) is 12.0. The predicted molar refractivity (Wildman–Crippen MR) is 631 cm³/mol. The van der Waals surface area contributed by atoms with Crippen molar-refractivity contribution in [1.82, 2.24) is 15.0 Å². The van der Waals surface area contributed by atoms with Gasteiger partial charge in [0, 0.05) is 32.8 Å². The van der Waals surface area contributed by atoms with Gasteiger partial charge in [0.25, 0.3) is 0 Å². The third-order valence-electron chi connectivity index (χ3n) is 31.6. The minimum absolute atomic E-state index is 0.641. The Labute approximate surface area is 860 Å². The van der Waals surface area contributed by atoms with Gasteiger partial charge in [-0.3, -0.25) is 0 Å². The standard InChI is InChI=1S/C49H29NO.C47H27NO.C47H27NS/c1-2-10-32(11-3-1)49-50-46-27-25-31-22-20-30-21-23-33(28-44(30)47(31)48(46)51-49)35-16-8-19-38-36(17-9-18-37(35)38)34-24-26-43-41-14-5-4-12-39(41)40-13-6-7-15-42(40)45(43)29-34;2*1-2-9-30(10-3-1)47-48-43-26-23-29-21-19-28-20-22-31(27-42(28)44(29)46(43)49-47)32-13-6-15-34-33(32)14-7-16-35(34)38-24-25-41-37-12-5-4-11-36(37)39-17-8-18-40(38)45(39)41/h1-29H;2*1-27H. The van der Waals surface area contributed by atoms with Gasteiger partial charge in [-0.2, -0.15) is 0 Å². The zero-order valence-electron chi connectivity index (χ0n) is 80.5. The molecule has 2 aliphatic carbocycles. The number of fused-ring (bicyclic) bond motifs is 30. The lowest BCUT2D eigenvalue weighted by molar-refractivity contribution is 0.623. The molecule has 0 atom stereocenters. The Morgan fingerprint density at radius 3 is 0.812 bits per heavy atom. The second kappa shape index (κ2) is 33.6. The molecule has 0 radical (unpaired) electrons. The molecule has 0 aliphatic heterocycles. The van der Waals surface area contributed by atoms with Gasteiger partial charge in [0.15, 0.2) is 11.2 Å². The summed E-state index contributed by atoms with van der Waals surface area (Å²) in [5.74, 6) is 1.28. The van der Waals surface area contributed by atoms with Crippen LogP contribution in [0.4, 0.5) is 0 Å². The van der Waals surface area contributed by atoms with E-state index in [9.17, 15) is 0 Å². The molecule has 149 heavy (non-hydrogen) atoms. The molecule has 2 aliphatic rings. The van der Waals surface area contributed by atoms with E-state index in [-0.39, 0.29) is 0 Å². The van der Waals surface area contributed by atoms with Gasteiger partial charge in [-0.25, -0.2) is 15.0 Å². The Morgan fingerprint density at radius 1 is 0.141 bits per heavy atom. The SMILES string of the molecule is c1ccc(-c2nc3ccc4ccc5ccc(-c6cccc7c(-c8ccc9c%10c(cccc8%10)-c8ccccc8-9)cccc67)cc5c4c3o2)cc1.c1ccc(-c2nc3ccc4ccc5ccc(-c6cccc7c(-c8ccc9c%10c(cccc8%10)-c8ccccc8-9)cccc67)cc5c4c3s2)cc1.c1ccc(-c2nc3ccc4ccc5ccc(-c6cccc7c(-c8ccc9c%10ccccc%10c%10ccccc%10c9c8)cccc67)cc5c4c3o2)cc1. The van der Waals surface area contributed by atoms with Gasteiger partial charge in [-0.05, 0) is 313 Å². The highest BCUT2D eigenvalue weighted by molar-refractivity contribution is 7.22. The fourth-order valence-corrected chi connectivity index (χ4v) is 25.9. The summed E-state index contributed by atoms with van der Waals surface area (Å²) in [6.45, 7) is 0. The highest BCUT2D eigenvalue weighted by Crippen LogP contribution is 2.55. The molecule has 28 aromatic carbocycles. The Kier molecular flexibility index (Phi) is 19.0. The molecular weight excluding hydrogens is 1820 g/mol. The van der Waals surface area contributed by atoms with Gasteiger partial charge >= 0.3 is 0 Å². The fraction of sp³-hybridized carbons (Fsp3) is 0. The number of rotatable bonds is 9. The molecule has 0 bridgehead atoms. The smallest absolute Gasteiger partial charge is 0.227 e. The molecule has 5 nitrogen and oxygen atoms in total. The summed E-state index contributed by atoms with van der Waals surface area (Å²) in [7, 11) is 0. The van der Waals surface area contributed by atoms with Crippen LogP contribution in [-0.2, 0) is 0 Å². The van der Waals surface area contributed by atoms with Gasteiger partial charge < -0.3 is 8.83 Å². The molecule has 3 aromatic heterocycles. The lowest BCUT2D eigenvalue weighted by Crippen LogP contribution is -1.88. The zero-order chi connectivity index (χ0) is 97.6. The Balaban J connectivity index is 0.000000101. The maximum absolute atomic E-state index is 6.53. The third kappa shape index (κ3) is 13.4. The van der Waals surface area contributed by atoms with Crippen LogP contribution in [0.5, 0.6) is 0 Å². The van der Waals surface area contributed by atoms with Crippen molar-refractivity contribution < 1.29 is 8.83 Å². The van der Waals surface area contributed by atoms with Gasteiger partial charge in [0.1, 0.15) is 16.0 Å². The first-order valence-corrected chi connectivity index (χ1v) is 51.9. The Bertz CT molecular complexity index is 10700. The van der Waals surface area contributed by atoms with E-state index in [1.807, 2.05) is 60.7 Å². The van der Waals surface area contributed by atoms with Crippen LogP contribution in [0.1, 0.15) is 0 Å². The largest absolute Gasteiger partial charge is 0.435 e.